The topological polar surface area (TPSA) is 41.8 Å². The third kappa shape index (κ3) is 2.64. The van der Waals surface area contributed by atoms with Crippen molar-refractivity contribution in [1.82, 2.24) is 4.98 Å². The van der Waals surface area contributed by atoms with Gasteiger partial charge in [0.25, 0.3) is 0 Å². The Morgan fingerprint density at radius 3 is 2.71 bits per heavy atom. The molecule has 0 radical (unpaired) electrons. The minimum atomic E-state index is 0.763. The summed E-state index contributed by atoms with van der Waals surface area (Å²) in [6.07, 6.45) is 3.28. The first-order valence-corrected chi connectivity index (χ1v) is 9.44. The van der Waals surface area contributed by atoms with Crippen molar-refractivity contribution in [2.75, 3.05) is 6.54 Å². The number of aromatic amines is 1. The molecular weight excluding hydrogens is 312 g/mol. The van der Waals surface area contributed by atoms with Gasteiger partial charge in [-0.2, -0.15) is 0 Å². The maximum absolute atomic E-state index is 5.70. The van der Waals surface area contributed by atoms with Gasteiger partial charge in [-0.3, -0.25) is 0 Å². The summed E-state index contributed by atoms with van der Waals surface area (Å²) in [5.74, 6) is 0. The van der Waals surface area contributed by atoms with E-state index in [4.69, 9.17) is 5.73 Å². The van der Waals surface area contributed by atoms with Gasteiger partial charge in [0.15, 0.2) is 0 Å². The predicted molar refractivity (Wildman–Crippen MR) is 106 cm³/mol. The average molecular weight is 334 g/mol. The van der Waals surface area contributed by atoms with Crippen molar-refractivity contribution in [2.24, 2.45) is 5.73 Å². The lowest BCUT2D eigenvalue weighted by Crippen LogP contribution is -1.99. The van der Waals surface area contributed by atoms with Crippen molar-refractivity contribution in [3.05, 3.63) is 59.0 Å². The molecule has 0 amide bonds. The van der Waals surface area contributed by atoms with Crippen LogP contribution in [-0.2, 0) is 6.42 Å². The molecule has 4 aromatic rings. The molecule has 0 aliphatic heterocycles. The van der Waals surface area contributed by atoms with E-state index in [0.717, 1.165) is 25.8 Å². The normalized spacial score (nSPS) is 11.6. The number of nitrogens with one attached hydrogen (secondary N) is 1. The van der Waals surface area contributed by atoms with Gasteiger partial charge in [-0.1, -0.05) is 36.4 Å². The van der Waals surface area contributed by atoms with Crippen molar-refractivity contribution in [2.45, 2.75) is 26.2 Å². The van der Waals surface area contributed by atoms with Crippen LogP contribution in [0.25, 0.3) is 32.2 Å². The Kier molecular flexibility index (Phi) is 4.13. The maximum atomic E-state index is 5.70. The SMILES string of the molecule is Cc1csc(-c2[nH]c3c(ccc4ccccc43)c2CCCCN)c1. The Labute approximate surface area is 146 Å². The van der Waals surface area contributed by atoms with Gasteiger partial charge in [-0.15, -0.1) is 11.3 Å². The van der Waals surface area contributed by atoms with Gasteiger partial charge in [-0.25, -0.2) is 0 Å². The molecule has 0 saturated heterocycles. The van der Waals surface area contributed by atoms with E-state index in [0.29, 0.717) is 0 Å². The van der Waals surface area contributed by atoms with E-state index in [2.05, 4.69) is 59.8 Å². The monoisotopic (exact) mass is 334 g/mol. The van der Waals surface area contributed by atoms with Crippen LogP contribution in [0.1, 0.15) is 24.0 Å². The number of H-pyrrole nitrogens is 1. The van der Waals surface area contributed by atoms with Crippen molar-refractivity contribution < 1.29 is 0 Å². The second kappa shape index (κ2) is 6.42. The maximum Gasteiger partial charge on any atom is 0.0599 e. The number of hydrogen-bond acceptors (Lipinski definition) is 2. The molecule has 2 aromatic heterocycles. The molecule has 0 bridgehead atoms. The average Bonchev–Trinajstić information content (AvgIpc) is 3.19. The Hall–Kier alpha value is -2.10. The van der Waals surface area contributed by atoms with Gasteiger partial charge in [0.05, 0.1) is 16.1 Å². The highest BCUT2D eigenvalue weighted by atomic mass is 32.1. The van der Waals surface area contributed by atoms with Crippen LogP contribution in [0.3, 0.4) is 0 Å². The number of aromatic nitrogens is 1. The molecule has 0 spiro atoms. The van der Waals surface area contributed by atoms with Crippen LogP contribution in [0.5, 0.6) is 0 Å². The van der Waals surface area contributed by atoms with Crippen LogP contribution in [0, 0.1) is 6.92 Å². The molecule has 0 saturated carbocycles. The van der Waals surface area contributed by atoms with Gasteiger partial charge in [0, 0.05) is 10.8 Å². The molecule has 24 heavy (non-hydrogen) atoms. The van der Waals surface area contributed by atoms with Crippen molar-refractivity contribution >= 4 is 33.0 Å². The second-order valence-corrected chi connectivity index (χ2v) is 7.33. The van der Waals surface area contributed by atoms with Crippen LogP contribution < -0.4 is 5.73 Å². The van der Waals surface area contributed by atoms with Crippen LogP contribution in [0.2, 0.25) is 0 Å². The Morgan fingerprint density at radius 1 is 1.04 bits per heavy atom. The molecule has 0 fully saturated rings. The summed E-state index contributed by atoms with van der Waals surface area (Å²) < 4.78 is 0. The Bertz CT molecular complexity index is 994. The third-order valence-electron chi connectivity index (χ3n) is 4.66. The molecule has 0 unspecified atom stereocenters. The minimum Gasteiger partial charge on any atom is -0.353 e. The van der Waals surface area contributed by atoms with Crippen molar-refractivity contribution in [3.63, 3.8) is 0 Å². The van der Waals surface area contributed by atoms with E-state index < -0.39 is 0 Å². The molecule has 4 rings (SSSR count). The van der Waals surface area contributed by atoms with E-state index in [1.54, 1.807) is 0 Å². The number of fused-ring (bicyclic) bond motifs is 3. The fraction of sp³-hybridized carbons (Fsp3) is 0.238. The molecule has 0 aliphatic rings. The molecule has 0 atom stereocenters. The summed E-state index contributed by atoms with van der Waals surface area (Å²) in [5, 5.41) is 6.16. The highest BCUT2D eigenvalue weighted by Crippen LogP contribution is 2.37. The zero-order chi connectivity index (χ0) is 16.5. The molecule has 2 aromatic carbocycles. The molecule has 122 valence electrons. The van der Waals surface area contributed by atoms with E-state index in [9.17, 15) is 0 Å². The standard InChI is InChI=1S/C21H22N2S/c1-14-12-19(24-13-14)21-17(8-4-5-11-22)18-10-9-15-6-2-3-7-16(15)20(18)23-21/h2-3,6-7,9-10,12-13,23H,4-5,8,11,22H2,1H3. The van der Waals surface area contributed by atoms with Crippen molar-refractivity contribution in [1.29, 1.82) is 0 Å². The van der Waals surface area contributed by atoms with E-state index in [-0.39, 0.29) is 0 Å². The largest absolute Gasteiger partial charge is 0.353 e. The summed E-state index contributed by atoms with van der Waals surface area (Å²) in [4.78, 5) is 5.07. The fourth-order valence-electron chi connectivity index (χ4n) is 3.47. The highest BCUT2D eigenvalue weighted by molar-refractivity contribution is 7.13. The number of nitrogens with two attached hydrogens (primary N) is 1. The summed E-state index contributed by atoms with van der Waals surface area (Å²) in [5.41, 5.74) is 11.0. The molecule has 2 heterocycles. The first-order valence-electron chi connectivity index (χ1n) is 8.56. The fourth-order valence-corrected chi connectivity index (χ4v) is 4.40. The van der Waals surface area contributed by atoms with Crippen LogP contribution in [-0.4, -0.2) is 11.5 Å². The number of aryl methyl sites for hydroxylation is 2. The minimum absolute atomic E-state index is 0.763. The predicted octanol–water partition coefficient (Wildman–Crippen LogP) is 5.64. The molecule has 2 nitrogen and oxygen atoms in total. The Morgan fingerprint density at radius 2 is 1.92 bits per heavy atom. The van der Waals surface area contributed by atoms with Crippen LogP contribution >= 0.6 is 11.3 Å². The number of thiophene rings is 1. The third-order valence-corrected chi connectivity index (χ3v) is 5.73. The Balaban J connectivity index is 1.94. The summed E-state index contributed by atoms with van der Waals surface area (Å²) in [6, 6.07) is 15.4. The smallest absolute Gasteiger partial charge is 0.0599 e. The van der Waals surface area contributed by atoms with Gasteiger partial charge in [-0.05, 0) is 60.7 Å². The number of benzene rings is 2. The molecule has 0 aliphatic carbocycles. The summed E-state index contributed by atoms with van der Waals surface area (Å²) >= 11 is 1.82. The van der Waals surface area contributed by atoms with Crippen LogP contribution in [0.4, 0.5) is 0 Å². The van der Waals surface area contributed by atoms with E-state index in [1.165, 1.54) is 43.4 Å². The first kappa shape index (κ1) is 15.4. The summed E-state index contributed by atoms with van der Waals surface area (Å²) in [7, 11) is 0. The first-order chi connectivity index (χ1) is 11.8. The van der Waals surface area contributed by atoms with E-state index >= 15 is 0 Å². The second-order valence-electron chi connectivity index (χ2n) is 6.42. The zero-order valence-corrected chi connectivity index (χ0v) is 14.7. The van der Waals surface area contributed by atoms with Crippen LogP contribution in [0.15, 0.2) is 47.8 Å². The lowest BCUT2D eigenvalue weighted by molar-refractivity contribution is 0.748. The summed E-state index contributed by atoms with van der Waals surface area (Å²) in [6.45, 7) is 2.92. The van der Waals surface area contributed by atoms with Gasteiger partial charge >= 0.3 is 0 Å². The quantitative estimate of drug-likeness (QED) is 0.456. The van der Waals surface area contributed by atoms with Gasteiger partial charge in [0.1, 0.15) is 0 Å². The molecular formula is C21H22N2S. The molecule has 3 heteroatoms. The number of rotatable bonds is 5. The zero-order valence-electron chi connectivity index (χ0n) is 13.9. The highest BCUT2D eigenvalue weighted by Gasteiger charge is 2.15. The lowest BCUT2D eigenvalue weighted by Gasteiger charge is -2.03. The lowest BCUT2D eigenvalue weighted by atomic mass is 10.0. The van der Waals surface area contributed by atoms with Gasteiger partial charge in [0.2, 0.25) is 0 Å². The number of hydrogen-bond donors (Lipinski definition) is 2. The number of unbranched alkanes of at least 4 members (excludes halogenated alkanes) is 1. The van der Waals surface area contributed by atoms with Gasteiger partial charge < -0.3 is 10.7 Å². The van der Waals surface area contributed by atoms with E-state index in [1.807, 2.05) is 11.3 Å². The molecule has 3 N–H and O–H groups in total. The van der Waals surface area contributed by atoms with Crippen molar-refractivity contribution in [3.8, 4) is 10.6 Å².